The molecule has 1 N–H and O–H groups in total. The molecule has 0 spiro atoms. The second kappa shape index (κ2) is 6.74. The van der Waals surface area contributed by atoms with Crippen molar-refractivity contribution >= 4 is 0 Å². The number of rotatable bonds is 6. The summed E-state index contributed by atoms with van der Waals surface area (Å²) in [6, 6.07) is 4.13. The Morgan fingerprint density at radius 1 is 1.28 bits per heavy atom. The molecule has 0 saturated heterocycles. The fourth-order valence-electron chi connectivity index (χ4n) is 1.57. The van der Waals surface area contributed by atoms with E-state index >= 15 is 0 Å². The van der Waals surface area contributed by atoms with Gasteiger partial charge < -0.3 is 10.1 Å². The second-order valence-electron chi connectivity index (χ2n) is 5.76. The summed E-state index contributed by atoms with van der Waals surface area (Å²) in [5.74, 6) is 0.745. The van der Waals surface area contributed by atoms with Gasteiger partial charge in [-0.3, -0.25) is 0 Å². The van der Waals surface area contributed by atoms with Crippen molar-refractivity contribution in [3.8, 4) is 5.88 Å². The molecule has 1 rings (SSSR count). The molecule has 3 nitrogen and oxygen atoms in total. The molecule has 0 aromatic carbocycles. The van der Waals surface area contributed by atoms with E-state index in [0.717, 1.165) is 37.6 Å². The third-order valence-electron chi connectivity index (χ3n) is 2.56. The molecule has 0 aliphatic rings. The van der Waals surface area contributed by atoms with E-state index < -0.39 is 0 Å². The Bertz CT molecular complexity index is 369. The van der Waals surface area contributed by atoms with Gasteiger partial charge in [0, 0.05) is 23.8 Å². The van der Waals surface area contributed by atoms with Crippen molar-refractivity contribution in [1.29, 1.82) is 0 Å². The molecule has 0 saturated carbocycles. The fourth-order valence-corrected chi connectivity index (χ4v) is 1.57. The molecular weight excluding hydrogens is 224 g/mol. The largest absolute Gasteiger partial charge is 0.478 e. The van der Waals surface area contributed by atoms with Crippen molar-refractivity contribution in [2.75, 3.05) is 6.61 Å². The predicted octanol–water partition coefficient (Wildman–Crippen LogP) is 3.46. The molecule has 0 radical (unpaired) electrons. The normalized spacial score (nSPS) is 11.6. The highest BCUT2D eigenvalue weighted by molar-refractivity contribution is 5.24. The lowest BCUT2D eigenvalue weighted by Crippen LogP contribution is -2.35. The van der Waals surface area contributed by atoms with Crippen LogP contribution in [0.2, 0.25) is 0 Å². The standard InChI is InChI=1S/C15H26N2O/c1-6-7-8-18-14-10-13(9-12(2)17-14)11-16-15(3,4)5/h9-10,16H,6-8,11H2,1-5H3. The number of nitrogens with zero attached hydrogens (tertiary/aromatic N) is 1. The summed E-state index contributed by atoms with van der Waals surface area (Å²) < 4.78 is 5.66. The number of ether oxygens (including phenoxy) is 1. The first-order valence-corrected chi connectivity index (χ1v) is 6.76. The van der Waals surface area contributed by atoms with Crippen molar-refractivity contribution in [1.82, 2.24) is 10.3 Å². The number of aromatic nitrogens is 1. The average molecular weight is 250 g/mol. The highest BCUT2D eigenvalue weighted by atomic mass is 16.5. The summed E-state index contributed by atoms with van der Waals surface area (Å²) in [4.78, 5) is 4.40. The Balaban J connectivity index is 2.62. The molecule has 0 aliphatic carbocycles. The molecule has 18 heavy (non-hydrogen) atoms. The molecule has 1 aromatic heterocycles. The van der Waals surface area contributed by atoms with Crippen molar-refractivity contribution < 1.29 is 4.74 Å². The first-order valence-electron chi connectivity index (χ1n) is 6.76. The van der Waals surface area contributed by atoms with Gasteiger partial charge in [0.05, 0.1) is 6.61 Å². The van der Waals surface area contributed by atoms with E-state index in [2.05, 4.69) is 44.1 Å². The van der Waals surface area contributed by atoms with Gasteiger partial charge in [-0.05, 0) is 45.7 Å². The molecule has 0 fully saturated rings. The molecule has 0 bridgehead atoms. The highest BCUT2D eigenvalue weighted by Crippen LogP contribution is 2.14. The zero-order valence-corrected chi connectivity index (χ0v) is 12.3. The zero-order valence-electron chi connectivity index (χ0n) is 12.3. The van der Waals surface area contributed by atoms with E-state index in [-0.39, 0.29) is 5.54 Å². The Morgan fingerprint density at radius 3 is 2.61 bits per heavy atom. The number of hydrogen-bond donors (Lipinski definition) is 1. The van der Waals surface area contributed by atoms with Crippen LogP contribution in [0.25, 0.3) is 0 Å². The maximum absolute atomic E-state index is 5.66. The lowest BCUT2D eigenvalue weighted by atomic mass is 10.1. The van der Waals surface area contributed by atoms with E-state index in [4.69, 9.17) is 4.74 Å². The van der Waals surface area contributed by atoms with Crippen LogP contribution in [0.5, 0.6) is 5.88 Å². The van der Waals surface area contributed by atoms with Crippen LogP contribution in [0.15, 0.2) is 12.1 Å². The van der Waals surface area contributed by atoms with Gasteiger partial charge in [-0.15, -0.1) is 0 Å². The minimum atomic E-state index is 0.125. The zero-order chi connectivity index (χ0) is 13.6. The maximum Gasteiger partial charge on any atom is 0.213 e. The summed E-state index contributed by atoms with van der Waals surface area (Å²) >= 11 is 0. The van der Waals surface area contributed by atoms with Crippen LogP contribution in [0.4, 0.5) is 0 Å². The van der Waals surface area contributed by atoms with Crippen LogP contribution in [-0.2, 0) is 6.54 Å². The van der Waals surface area contributed by atoms with E-state index in [1.807, 2.05) is 13.0 Å². The first-order chi connectivity index (χ1) is 8.40. The first kappa shape index (κ1) is 15.0. The molecular formula is C15H26N2O. The van der Waals surface area contributed by atoms with E-state index in [1.165, 1.54) is 5.56 Å². The third kappa shape index (κ3) is 6.01. The maximum atomic E-state index is 5.66. The summed E-state index contributed by atoms with van der Waals surface area (Å²) in [7, 11) is 0. The summed E-state index contributed by atoms with van der Waals surface area (Å²) in [6.07, 6.45) is 2.22. The molecule has 0 atom stereocenters. The molecule has 102 valence electrons. The van der Waals surface area contributed by atoms with Crippen LogP contribution >= 0.6 is 0 Å². The van der Waals surface area contributed by atoms with E-state index in [0.29, 0.717) is 0 Å². The minimum absolute atomic E-state index is 0.125. The van der Waals surface area contributed by atoms with Gasteiger partial charge in [0.25, 0.3) is 0 Å². The molecule has 0 unspecified atom stereocenters. The van der Waals surface area contributed by atoms with Gasteiger partial charge in [0.2, 0.25) is 5.88 Å². The Hall–Kier alpha value is -1.09. The number of nitrogens with one attached hydrogen (secondary N) is 1. The minimum Gasteiger partial charge on any atom is -0.478 e. The van der Waals surface area contributed by atoms with Crippen molar-refractivity contribution in [2.45, 2.75) is 59.5 Å². The summed E-state index contributed by atoms with van der Waals surface area (Å²) in [5.41, 5.74) is 2.36. The van der Waals surface area contributed by atoms with Crippen molar-refractivity contribution in [2.24, 2.45) is 0 Å². The Kier molecular flexibility index (Phi) is 5.60. The van der Waals surface area contributed by atoms with Crippen molar-refractivity contribution in [3.63, 3.8) is 0 Å². The molecule has 1 aromatic rings. The van der Waals surface area contributed by atoms with E-state index in [9.17, 15) is 0 Å². The fraction of sp³-hybridized carbons (Fsp3) is 0.667. The van der Waals surface area contributed by atoms with Gasteiger partial charge >= 0.3 is 0 Å². The number of pyridine rings is 1. The third-order valence-corrected chi connectivity index (χ3v) is 2.56. The molecule has 0 amide bonds. The smallest absolute Gasteiger partial charge is 0.213 e. The van der Waals surface area contributed by atoms with Crippen LogP contribution in [0.1, 0.15) is 51.8 Å². The number of hydrogen-bond acceptors (Lipinski definition) is 3. The summed E-state index contributed by atoms with van der Waals surface area (Å²) in [5, 5.41) is 3.48. The van der Waals surface area contributed by atoms with Gasteiger partial charge in [-0.2, -0.15) is 0 Å². The molecule has 1 heterocycles. The van der Waals surface area contributed by atoms with Gasteiger partial charge in [-0.1, -0.05) is 13.3 Å². The SMILES string of the molecule is CCCCOc1cc(CNC(C)(C)C)cc(C)n1. The quantitative estimate of drug-likeness (QED) is 0.785. The second-order valence-corrected chi connectivity index (χ2v) is 5.76. The topological polar surface area (TPSA) is 34.1 Å². The Morgan fingerprint density at radius 2 is 2.00 bits per heavy atom. The summed E-state index contributed by atoms with van der Waals surface area (Å²) in [6.45, 7) is 12.3. The molecule has 0 aliphatic heterocycles. The van der Waals surface area contributed by atoms with Crippen LogP contribution in [0, 0.1) is 6.92 Å². The van der Waals surface area contributed by atoms with Gasteiger partial charge in [-0.25, -0.2) is 4.98 Å². The van der Waals surface area contributed by atoms with Crippen molar-refractivity contribution in [3.05, 3.63) is 23.4 Å². The van der Waals surface area contributed by atoms with Gasteiger partial charge in [0.15, 0.2) is 0 Å². The lowest BCUT2D eigenvalue weighted by molar-refractivity contribution is 0.296. The number of unbranched alkanes of at least 4 members (excludes halogenated alkanes) is 1. The average Bonchev–Trinajstić information content (AvgIpc) is 2.25. The predicted molar refractivity (Wildman–Crippen MR) is 76.0 cm³/mol. The molecule has 3 heteroatoms. The van der Waals surface area contributed by atoms with Crippen LogP contribution in [0.3, 0.4) is 0 Å². The number of aryl methyl sites for hydroxylation is 1. The van der Waals surface area contributed by atoms with Crippen LogP contribution in [-0.4, -0.2) is 17.1 Å². The van der Waals surface area contributed by atoms with E-state index in [1.54, 1.807) is 0 Å². The monoisotopic (exact) mass is 250 g/mol. The van der Waals surface area contributed by atoms with Crippen LogP contribution < -0.4 is 10.1 Å². The highest BCUT2D eigenvalue weighted by Gasteiger charge is 2.09. The van der Waals surface area contributed by atoms with Gasteiger partial charge in [0.1, 0.15) is 0 Å². The Labute approximate surface area is 111 Å². The lowest BCUT2D eigenvalue weighted by Gasteiger charge is -2.20.